The first kappa shape index (κ1) is 20.8. The maximum absolute atomic E-state index is 13.1. The largest absolute Gasteiger partial charge is 0.507 e. The Morgan fingerprint density at radius 2 is 2.00 bits per heavy atom. The molecule has 1 saturated carbocycles. The molecule has 1 aromatic carbocycles. The summed E-state index contributed by atoms with van der Waals surface area (Å²) in [5.41, 5.74) is 1.55. The fourth-order valence-corrected chi connectivity index (χ4v) is 5.09. The van der Waals surface area contributed by atoms with E-state index in [1.165, 1.54) is 6.92 Å². The Morgan fingerprint density at radius 1 is 1.25 bits per heavy atom. The molecular formula is C23H23F3N4O2. The standard InChI is InChI=1S/C23H23F3N4O2/c1-12-8-15(23(24,25)26)9-18(32)20(12)17-5-4-16-13(2)30(28-21(16)27-17)19-10-22(19)6-7-29(11-22)14(3)31/h4-5,8-9,19,32H,6-7,10-11H2,1-3H3. The second kappa shape index (κ2) is 6.70. The van der Waals surface area contributed by atoms with Crippen LogP contribution in [-0.4, -0.2) is 43.8 Å². The number of benzene rings is 1. The molecule has 6 nitrogen and oxygen atoms in total. The van der Waals surface area contributed by atoms with E-state index in [4.69, 9.17) is 5.10 Å². The van der Waals surface area contributed by atoms with Crippen molar-refractivity contribution in [1.82, 2.24) is 19.7 Å². The van der Waals surface area contributed by atoms with Crippen molar-refractivity contribution in [2.45, 2.75) is 45.8 Å². The highest BCUT2D eigenvalue weighted by Gasteiger charge is 2.59. The SMILES string of the molecule is CC(=O)N1CCC2(CC2n2nc3nc(-c4c(C)cc(C(F)(F)F)cc4O)ccc3c2C)C1. The first-order valence-corrected chi connectivity index (χ1v) is 10.5. The van der Waals surface area contributed by atoms with Gasteiger partial charge < -0.3 is 10.0 Å². The monoisotopic (exact) mass is 444 g/mol. The highest BCUT2D eigenvalue weighted by atomic mass is 19.4. The molecule has 1 aliphatic heterocycles. The summed E-state index contributed by atoms with van der Waals surface area (Å²) in [4.78, 5) is 18.2. The van der Waals surface area contributed by atoms with Gasteiger partial charge in [-0.3, -0.25) is 9.48 Å². The van der Waals surface area contributed by atoms with Crippen molar-refractivity contribution in [3.8, 4) is 17.0 Å². The van der Waals surface area contributed by atoms with Crippen LogP contribution in [0.5, 0.6) is 5.75 Å². The lowest BCUT2D eigenvalue weighted by atomic mass is 10.00. The number of hydrogen-bond acceptors (Lipinski definition) is 4. The van der Waals surface area contributed by atoms with Gasteiger partial charge in [-0.25, -0.2) is 4.98 Å². The molecule has 2 aromatic heterocycles. The smallest absolute Gasteiger partial charge is 0.416 e. The number of carbonyl (C=O) groups excluding carboxylic acids is 1. The van der Waals surface area contributed by atoms with Crippen molar-refractivity contribution < 1.29 is 23.1 Å². The molecule has 2 aliphatic rings. The summed E-state index contributed by atoms with van der Waals surface area (Å²) < 4.78 is 41.1. The van der Waals surface area contributed by atoms with Gasteiger partial charge in [0, 0.05) is 42.1 Å². The Balaban J connectivity index is 1.50. The molecule has 0 bridgehead atoms. The summed E-state index contributed by atoms with van der Waals surface area (Å²) >= 11 is 0. The van der Waals surface area contributed by atoms with E-state index >= 15 is 0 Å². The molecule has 2 unspecified atom stereocenters. The maximum Gasteiger partial charge on any atom is 0.416 e. The average molecular weight is 444 g/mol. The van der Waals surface area contributed by atoms with Gasteiger partial charge in [0.1, 0.15) is 5.75 Å². The molecule has 32 heavy (non-hydrogen) atoms. The van der Waals surface area contributed by atoms with Crippen molar-refractivity contribution in [2.24, 2.45) is 5.41 Å². The number of phenolic OH excluding ortho intramolecular Hbond substituents is 1. The van der Waals surface area contributed by atoms with Gasteiger partial charge in [-0.2, -0.15) is 18.3 Å². The summed E-state index contributed by atoms with van der Waals surface area (Å²) in [5, 5.41) is 15.9. The lowest BCUT2D eigenvalue weighted by molar-refractivity contribution is -0.137. The highest BCUT2D eigenvalue weighted by Crippen LogP contribution is 2.61. The second-order valence-electron chi connectivity index (χ2n) is 9.06. The predicted octanol–water partition coefficient (Wildman–Crippen LogP) is 4.62. The fraction of sp³-hybridized carbons (Fsp3) is 0.435. The average Bonchev–Trinajstić information content (AvgIpc) is 3.05. The minimum Gasteiger partial charge on any atom is -0.507 e. The number of fused-ring (bicyclic) bond motifs is 1. The Kier molecular flexibility index (Phi) is 4.35. The molecule has 1 amide bonds. The van der Waals surface area contributed by atoms with E-state index in [-0.39, 0.29) is 28.5 Å². The number of amides is 1. The minimum absolute atomic E-state index is 0.0591. The zero-order chi connectivity index (χ0) is 23.0. The molecule has 2 fully saturated rings. The minimum atomic E-state index is -4.54. The number of halogens is 3. The van der Waals surface area contributed by atoms with Gasteiger partial charge in [0.2, 0.25) is 5.91 Å². The van der Waals surface area contributed by atoms with E-state index in [0.29, 0.717) is 11.3 Å². The van der Waals surface area contributed by atoms with E-state index in [9.17, 15) is 23.1 Å². The summed E-state index contributed by atoms with van der Waals surface area (Å²) in [5.74, 6) is -0.371. The van der Waals surface area contributed by atoms with Gasteiger partial charge in [0.25, 0.3) is 0 Å². The number of aromatic nitrogens is 3. The predicted molar refractivity (Wildman–Crippen MR) is 112 cm³/mol. The van der Waals surface area contributed by atoms with Crippen LogP contribution >= 0.6 is 0 Å². The van der Waals surface area contributed by atoms with Crippen LogP contribution in [0.3, 0.4) is 0 Å². The zero-order valence-electron chi connectivity index (χ0n) is 18.0. The number of aromatic hydroxyl groups is 1. The Morgan fingerprint density at radius 3 is 2.62 bits per heavy atom. The fourth-order valence-electron chi connectivity index (χ4n) is 5.09. The van der Waals surface area contributed by atoms with E-state index in [1.807, 2.05) is 22.6 Å². The lowest BCUT2D eigenvalue weighted by Gasteiger charge is -2.14. The van der Waals surface area contributed by atoms with Gasteiger partial charge in [-0.15, -0.1) is 0 Å². The summed E-state index contributed by atoms with van der Waals surface area (Å²) in [7, 11) is 0. The molecule has 9 heteroatoms. The van der Waals surface area contributed by atoms with Crippen LogP contribution in [-0.2, 0) is 11.0 Å². The summed E-state index contributed by atoms with van der Waals surface area (Å²) in [6.45, 7) is 6.59. The van der Waals surface area contributed by atoms with Crippen LogP contribution in [0.15, 0.2) is 24.3 Å². The maximum atomic E-state index is 13.1. The number of alkyl halides is 3. The number of likely N-dealkylation sites (tertiary alicyclic amines) is 1. The lowest BCUT2D eigenvalue weighted by Crippen LogP contribution is -2.26. The molecule has 1 aliphatic carbocycles. The summed E-state index contributed by atoms with van der Waals surface area (Å²) in [6.07, 6.45) is -2.63. The quantitative estimate of drug-likeness (QED) is 0.626. The van der Waals surface area contributed by atoms with Crippen LogP contribution < -0.4 is 0 Å². The van der Waals surface area contributed by atoms with E-state index < -0.39 is 17.5 Å². The molecule has 3 aromatic rings. The van der Waals surface area contributed by atoms with Crippen LogP contribution in [0.1, 0.15) is 42.6 Å². The number of rotatable bonds is 2. The van der Waals surface area contributed by atoms with Gasteiger partial charge >= 0.3 is 6.18 Å². The summed E-state index contributed by atoms with van der Waals surface area (Å²) in [6, 6.07) is 5.49. The van der Waals surface area contributed by atoms with E-state index in [1.54, 1.807) is 13.0 Å². The van der Waals surface area contributed by atoms with E-state index in [0.717, 1.165) is 49.1 Å². The van der Waals surface area contributed by atoms with Gasteiger partial charge in [-0.05, 0) is 56.5 Å². The van der Waals surface area contributed by atoms with Crippen molar-refractivity contribution in [1.29, 1.82) is 0 Å². The van der Waals surface area contributed by atoms with Crippen molar-refractivity contribution >= 4 is 16.9 Å². The number of phenols is 1. The Bertz CT molecular complexity index is 1240. The number of pyridine rings is 1. The Labute approximate surface area is 182 Å². The van der Waals surface area contributed by atoms with Crippen LogP contribution in [0, 0.1) is 19.3 Å². The highest BCUT2D eigenvalue weighted by molar-refractivity contribution is 5.83. The number of carbonyl (C=O) groups is 1. The molecule has 1 N–H and O–H groups in total. The number of hydrogen-bond donors (Lipinski definition) is 1. The molecule has 3 heterocycles. The third-order valence-corrected chi connectivity index (χ3v) is 6.98. The number of nitrogens with zero attached hydrogens (tertiary/aromatic N) is 4. The first-order valence-electron chi connectivity index (χ1n) is 10.5. The second-order valence-corrected chi connectivity index (χ2v) is 9.06. The zero-order valence-corrected chi connectivity index (χ0v) is 18.0. The van der Waals surface area contributed by atoms with Crippen LogP contribution in [0.2, 0.25) is 0 Å². The van der Waals surface area contributed by atoms with Crippen LogP contribution in [0.4, 0.5) is 13.2 Å². The van der Waals surface area contributed by atoms with Crippen molar-refractivity contribution in [3.63, 3.8) is 0 Å². The molecule has 0 radical (unpaired) electrons. The van der Waals surface area contributed by atoms with Crippen molar-refractivity contribution in [2.75, 3.05) is 13.1 Å². The molecule has 1 spiro atoms. The first-order chi connectivity index (χ1) is 15.0. The molecule has 2 atom stereocenters. The Hall–Kier alpha value is -3.10. The molecule has 5 rings (SSSR count). The van der Waals surface area contributed by atoms with Crippen LogP contribution in [0.25, 0.3) is 22.3 Å². The number of aryl methyl sites for hydroxylation is 2. The third-order valence-electron chi connectivity index (χ3n) is 6.98. The topological polar surface area (TPSA) is 71.2 Å². The van der Waals surface area contributed by atoms with Gasteiger partial charge in [-0.1, -0.05) is 0 Å². The van der Waals surface area contributed by atoms with Gasteiger partial charge in [0.15, 0.2) is 5.65 Å². The molecular weight excluding hydrogens is 421 g/mol. The third kappa shape index (κ3) is 3.13. The molecule has 168 valence electrons. The normalized spacial score (nSPS) is 22.8. The van der Waals surface area contributed by atoms with E-state index in [2.05, 4.69) is 4.98 Å². The molecule has 1 saturated heterocycles. The van der Waals surface area contributed by atoms with Gasteiger partial charge in [0.05, 0.1) is 17.3 Å². The van der Waals surface area contributed by atoms with Crippen molar-refractivity contribution in [3.05, 3.63) is 41.1 Å².